The minimum Gasteiger partial charge on any atom is -0.496 e. The van der Waals surface area contributed by atoms with Gasteiger partial charge in [0, 0.05) is 36.5 Å². The topological polar surface area (TPSA) is 106 Å². The Bertz CT molecular complexity index is 925. The van der Waals surface area contributed by atoms with Crippen LogP contribution in [-0.2, 0) is 4.79 Å². The van der Waals surface area contributed by atoms with Crippen LogP contribution in [0.15, 0.2) is 47.6 Å². The molecule has 9 heteroatoms. The SMILES string of the molecule is COc1cc(N2CCCCC2)ccc1/C=N/NC(=O)COc1ccccc1[N+](=O)[O-]. The summed E-state index contributed by atoms with van der Waals surface area (Å²) < 4.78 is 10.7. The zero-order valence-electron chi connectivity index (χ0n) is 16.7. The van der Waals surface area contributed by atoms with E-state index in [1.807, 2.05) is 18.2 Å². The van der Waals surface area contributed by atoms with E-state index in [0.29, 0.717) is 5.75 Å². The summed E-state index contributed by atoms with van der Waals surface area (Å²) in [5.74, 6) is 0.150. The van der Waals surface area contributed by atoms with Gasteiger partial charge in [0.1, 0.15) is 5.75 Å². The predicted molar refractivity (Wildman–Crippen MR) is 113 cm³/mol. The highest BCUT2D eigenvalue weighted by atomic mass is 16.6. The van der Waals surface area contributed by atoms with E-state index in [4.69, 9.17) is 9.47 Å². The Hall–Kier alpha value is -3.62. The van der Waals surface area contributed by atoms with Gasteiger partial charge in [-0.3, -0.25) is 14.9 Å². The fourth-order valence-corrected chi connectivity index (χ4v) is 3.23. The number of para-hydroxylation sites is 2. The Kier molecular flexibility index (Phi) is 7.20. The fourth-order valence-electron chi connectivity index (χ4n) is 3.23. The molecule has 0 bridgehead atoms. The molecule has 0 atom stereocenters. The molecule has 2 aromatic carbocycles. The zero-order chi connectivity index (χ0) is 21.3. The summed E-state index contributed by atoms with van der Waals surface area (Å²) in [6.07, 6.45) is 5.12. The highest BCUT2D eigenvalue weighted by Crippen LogP contribution is 2.27. The number of nitrogens with one attached hydrogen (secondary N) is 1. The number of rotatable bonds is 8. The summed E-state index contributed by atoms with van der Waals surface area (Å²) in [4.78, 5) is 24.7. The first-order valence-electron chi connectivity index (χ1n) is 9.69. The monoisotopic (exact) mass is 412 g/mol. The quantitative estimate of drug-likeness (QED) is 0.406. The summed E-state index contributed by atoms with van der Waals surface area (Å²) in [7, 11) is 1.59. The number of carbonyl (C=O) groups excluding carboxylic acids is 1. The van der Waals surface area contributed by atoms with Crippen LogP contribution < -0.4 is 19.8 Å². The molecule has 0 aromatic heterocycles. The standard InChI is InChI=1S/C21H24N4O5/c1-29-20-13-17(24-11-5-2-6-12-24)10-9-16(20)14-22-23-21(26)15-30-19-8-4-3-7-18(19)25(27)28/h3-4,7-10,13-14H,2,5-6,11-12,15H2,1H3,(H,23,26)/b22-14+. The van der Waals surface area contributed by atoms with Crippen LogP contribution in [0.5, 0.6) is 11.5 Å². The number of amides is 1. The lowest BCUT2D eigenvalue weighted by Crippen LogP contribution is -2.29. The molecule has 1 aliphatic heterocycles. The van der Waals surface area contributed by atoms with Crippen molar-refractivity contribution in [3.05, 3.63) is 58.1 Å². The van der Waals surface area contributed by atoms with Crippen LogP contribution in [0.2, 0.25) is 0 Å². The minimum atomic E-state index is -0.564. The van der Waals surface area contributed by atoms with E-state index in [1.165, 1.54) is 43.7 Å². The van der Waals surface area contributed by atoms with Gasteiger partial charge in [0.15, 0.2) is 12.4 Å². The molecule has 1 fully saturated rings. The number of hydrazone groups is 1. The largest absolute Gasteiger partial charge is 0.496 e. The second-order valence-corrected chi connectivity index (χ2v) is 6.78. The van der Waals surface area contributed by atoms with Crippen molar-refractivity contribution in [2.24, 2.45) is 5.10 Å². The lowest BCUT2D eigenvalue weighted by Gasteiger charge is -2.29. The van der Waals surface area contributed by atoms with Crippen LogP contribution in [0, 0.1) is 10.1 Å². The molecule has 30 heavy (non-hydrogen) atoms. The summed E-state index contributed by atoms with van der Waals surface area (Å²) in [6.45, 7) is 1.67. The van der Waals surface area contributed by atoms with Crippen molar-refractivity contribution in [3.63, 3.8) is 0 Å². The van der Waals surface area contributed by atoms with Crippen molar-refractivity contribution in [2.75, 3.05) is 31.7 Å². The van der Waals surface area contributed by atoms with Crippen LogP contribution in [0.4, 0.5) is 11.4 Å². The Labute approximate surface area is 174 Å². The van der Waals surface area contributed by atoms with Gasteiger partial charge in [-0.2, -0.15) is 5.10 Å². The van der Waals surface area contributed by atoms with E-state index in [1.54, 1.807) is 13.2 Å². The number of benzene rings is 2. The Morgan fingerprint density at radius 3 is 2.70 bits per heavy atom. The average molecular weight is 412 g/mol. The molecular weight excluding hydrogens is 388 g/mol. The van der Waals surface area contributed by atoms with Crippen LogP contribution in [-0.4, -0.2) is 43.9 Å². The molecule has 3 rings (SSSR count). The molecule has 1 amide bonds. The predicted octanol–water partition coefficient (Wildman–Crippen LogP) is 3.12. The van der Waals surface area contributed by atoms with E-state index < -0.39 is 17.4 Å². The van der Waals surface area contributed by atoms with Crippen LogP contribution in [0.25, 0.3) is 0 Å². The van der Waals surface area contributed by atoms with Crippen molar-refractivity contribution < 1.29 is 19.2 Å². The smallest absolute Gasteiger partial charge is 0.310 e. The highest BCUT2D eigenvalue weighted by molar-refractivity contribution is 5.86. The third-order valence-corrected chi connectivity index (χ3v) is 4.75. The molecule has 1 heterocycles. The number of nitrogens with zero attached hydrogens (tertiary/aromatic N) is 3. The van der Waals surface area contributed by atoms with Crippen molar-refractivity contribution >= 4 is 23.5 Å². The molecule has 0 spiro atoms. The van der Waals surface area contributed by atoms with E-state index in [9.17, 15) is 14.9 Å². The number of methoxy groups -OCH3 is 1. The molecule has 0 radical (unpaired) electrons. The van der Waals surface area contributed by atoms with E-state index in [0.717, 1.165) is 24.3 Å². The van der Waals surface area contributed by atoms with Gasteiger partial charge in [-0.1, -0.05) is 12.1 Å². The lowest BCUT2D eigenvalue weighted by atomic mass is 10.1. The van der Waals surface area contributed by atoms with Gasteiger partial charge in [0.05, 0.1) is 18.2 Å². The second kappa shape index (κ2) is 10.2. The van der Waals surface area contributed by atoms with Gasteiger partial charge >= 0.3 is 5.69 Å². The second-order valence-electron chi connectivity index (χ2n) is 6.78. The minimum absolute atomic E-state index is 0.0246. The summed E-state index contributed by atoms with van der Waals surface area (Å²) in [5.41, 5.74) is 3.97. The zero-order valence-corrected chi connectivity index (χ0v) is 16.7. The molecular formula is C21H24N4O5. The van der Waals surface area contributed by atoms with Crippen molar-refractivity contribution in [1.29, 1.82) is 0 Å². The Balaban J connectivity index is 1.57. The number of carbonyl (C=O) groups is 1. The first kappa shape index (κ1) is 21.1. The number of anilines is 1. The maximum absolute atomic E-state index is 11.9. The average Bonchev–Trinajstić information content (AvgIpc) is 2.78. The van der Waals surface area contributed by atoms with Gasteiger partial charge in [-0.15, -0.1) is 0 Å². The van der Waals surface area contributed by atoms with Crippen LogP contribution >= 0.6 is 0 Å². The summed E-state index contributed by atoms with van der Waals surface area (Å²) in [6, 6.07) is 11.7. The summed E-state index contributed by atoms with van der Waals surface area (Å²) >= 11 is 0. The Morgan fingerprint density at radius 2 is 1.97 bits per heavy atom. The van der Waals surface area contributed by atoms with Crippen molar-refractivity contribution in [3.8, 4) is 11.5 Å². The van der Waals surface area contributed by atoms with Gasteiger partial charge < -0.3 is 14.4 Å². The number of hydrogen-bond acceptors (Lipinski definition) is 7. The number of hydrogen-bond donors (Lipinski definition) is 1. The molecule has 2 aromatic rings. The number of nitro groups is 1. The lowest BCUT2D eigenvalue weighted by molar-refractivity contribution is -0.385. The molecule has 1 saturated heterocycles. The Morgan fingerprint density at radius 1 is 1.20 bits per heavy atom. The molecule has 158 valence electrons. The molecule has 1 N–H and O–H groups in total. The van der Waals surface area contributed by atoms with Gasteiger partial charge in [0.2, 0.25) is 0 Å². The molecule has 0 unspecified atom stereocenters. The number of ether oxygens (including phenoxy) is 2. The van der Waals surface area contributed by atoms with Gasteiger partial charge in [-0.05, 0) is 37.5 Å². The van der Waals surface area contributed by atoms with Gasteiger partial charge in [-0.25, -0.2) is 5.43 Å². The normalized spacial score (nSPS) is 13.8. The van der Waals surface area contributed by atoms with Crippen molar-refractivity contribution in [1.82, 2.24) is 5.43 Å². The van der Waals surface area contributed by atoms with E-state index in [-0.39, 0.29) is 11.4 Å². The van der Waals surface area contributed by atoms with Gasteiger partial charge in [0.25, 0.3) is 5.91 Å². The highest BCUT2D eigenvalue weighted by Gasteiger charge is 2.15. The molecule has 0 aliphatic carbocycles. The third kappa shape index (κ3) is 5.47. The molecule has 0 saturated carbocycles. The number of nitro benzene ring substituents is 1. The maximum atomic E-state index is 11.9. The third-order valence-electron chi connectivity index (χ3n) is 4.75. The van der Waals surface area contributed by atoms with Crippen LogP contribution in [0.1, 0.15) is 24.8 Å². The van der Waals surface area contributed by atoms with Crippen LogP contribution in [0.3, 0.4) is 0 Å². The van der Waals surface area contributed by atoms with Crippen molar-refractivity contribution in [2.45, 2.75) is 19.3 Å². The first-order valence-corrected chi connectivity index (χ1v) is 9.69. The summed E-state index contributed by atoms with van der Waals surface area (Å²) in [5, 5.41) is 14.9. The number of piperidine rings is 1. The first-order chi connectivity index (χ1) is 14.6. The van der Waals surface area contributed by atoms with E-state index >= 15 is 0 Å². The molecule has 9 nitrogen and oxygen atoms in total. The van der Waals surface area contributed by atoms with E-state index in [2.05, 4.69) is 15.4 Å². The molecule has 1 aliphatic rings. The fraction of sp³-hybridized carbons (Fsp3) is 0.333. The maximum Gasteiger partial charge on any atom is 0.310 e.